The molecule has 0 atom stereocenters. The number of nitrogen functional groups attached to an aromatic ring is 1. The second-order valence-corrected chi connectivity index (χ2v) is 5.19. The molecule has 1 heterocycles. The number of amides is 1. The van der Waals surface area contributed by atoms with Crippen molar-refractivity contribution in [2.45, 2.75) is 38.1 Å². The Labute approximate surface area is 111 Å². The molecule has 0 aliphatic heterocycles. The molecule has 5 nitrogen and oxygen atoms in total. The Balaban J connectivity index is 1.82. The average molecular weight is 258 g/mol. The number of carbonyl (C=O) groups excluding carboxylic acids is 1. The first-order chi connectivity index (χ1) is 9.24. The minimum Gasteiger partial charge on any atom is -0.399 e. The van der Waals surface area contributed by atoms with Gasteiger partial charge in [-0.3, -0.25) is 9.89 Å². The molecule has 0 unspecified atom stereocenters. The highest BCUT2D eigenvalue weighted by molar-refractivity contribution is 6.05. The number of anilines is 1. The van der Waals surface area contributed by atoms with Gasteiger partial charge in [-0.2, -0.15) is 5.10 Å². The first-order valence-electron chi connectivity index (χ1n) is 6.78. The van der Waals surface area contributed by atoms with Crippen LogP contribution >= 0.6 is 0 Å². The molecule has 1 aliphatic rings. The van der Waals surface area contributed by atoms with E-state index in [2.05, 4.69) is 15.5 Å². The quantitative estimate of drug-likeness (QED) is 0.722. The van der Waals surface area contributed by atoms with Crippen molar-refractivity contribution in [1.82, 2.24) is 15.5 Å². The third-order valence-corrected chi connectivity index (χ3v) is 3.74. The molecule has 5 heteroatoms. The zero-order chi connectivity index (χ0) is 13.2. The summed E-state index contributed by atoms with van der Waals surface area (Å²) in [7, 11) is 0. The molecule has 1 aromatic heterocycles. The third-order valence-electron chi connectivity index (χ3n) is 3.74. The predicted octanol–water partition coefficient (Wildman–Crippen LogP) is 2.21. The van der Waals surface area contributed by atoms with Crippen LogP contribution in [0.25, 0.3) is 10.9 Å². The Kier molecular flexibility index (Phi) is 3.11. The van der Waals surface area contributed by atoms with Crippen LogP contribution in [0.3, 0.4) is 0 Å². The number of nitrogens with one attached hydrogen (secondary N) is 2. The number of carbonyl (C=O) groups is 1. The van der Waals surface area contributed by atoms with Gasteiger partial charge in [0.05, 0.1) is 5.52 Å². The maximum atomic E-state index is 12.3. The second-order valence-electron chi connectivity index (χ2n) is 5.19. The highest BCUT2D eigenvalue weighted by Crippen LogP contribution is 2.21. The summed E-state index contributed by atoms with van der Waals surface area (Å²) in [6.07, 6.45) is 5.79. The van der Waals surface area contributed by atoms with Crippen molar-refractivity contribution in [3.63, 3.8) is 0 Å². The van der Waals surface area contributed by atoms with Crippen LogP contribution in [0.1, 0.15) is 42.6 Å². The molecule has 0 saturated heterocycles. The summed E-state index contributed by atoms with van der Waals surface area (Å²) in [6.45, 7) is 0. The first kappa shape index (κ1) is 12.0. The topological polar surface area (TPSA) is 83.8 Å². The van der Waals surface area contributed by atoms with Crippen LogP contribution in [0.2, 0.25) is 0 Å². The molecule has 1 saturated carbocycles. The van der Waals surface area contributed by atoms with E-state index in [9.17, 15) is 4.79 Å². The van der Waals surface area contributed by atoms with E-state index in [1.807, 2.05) is 6.07 Å². The van der Waals surface area contributed by atoms with Gasteiger partial charge < -0.3 is 11.1 Å². The monoisotopic (exact) mass is 258 g/mol. The van der Waals surface area contributed by atoms with E-state index in [0.29, 0.717) is 11.4 Å². The minimum atomic E-state index is -0.108. The zero-order valence-electron chi connectivity index (χ0n) is 10.8. The van der Waals surface area contributed by atoms with E-state index in [4.69, 9.17) is 5.73 Å². The van der Waals surface area contributed by atoms with Crippen molar-refractivity contribution < 1.29 is 4.79 Å². The van der Waals surface area contributed by atoms with Crippen molar-refractivity contribution in [3.05, 3.63) is 23.9 Å². The lowest BCUT2D eigenvalue weighted by Crippen LogP contribution is -2.36. The fraction of sp³-hybridized carbons (Fsp3) is 0.429. The van der Waals surface area contributed by atoms with Crippen LogP contribution in [0.4, 0.5) is 5.69 Å². The number of benzene rings is 1. The van der Waals surface area contributed by atoms with Gasteiger partial charge in [-0.1, -0.05) is 19.3 Å². The van der Waals surface area contributed by atoms with Gasteiger partial charge in [0.25, 0.3) is 5.91 Å². The maximum absolute atomic E-state index is 12.3. The largest absolute Gasteiger partial charge is 0.399 e. The second kappa shape index (κ2) is 4.91. The van der Waals surface area contributed by atoms with E-state index >= 15 is 0 Å². The van der Waals surface area contributed by atoms with Gasteiger partial charge in [0.2, 0.25) is 0 Å². The normalized spacial score (nSPS) is 16.6. The molecule has 1 amide bonds. The average Bonchev–Trinajstić information content (AvgIpc) is 2.82. The van der Waals surface area contributed by atoms with Crippen LogP contribution in [0, 0.1) is 0 Å². The number of nitrogens with two attached hydrogens (primary N) is 1. The third kappa shape index (κ3) is 2.41. The zero-order valence-corrected chi connectivity index (χ0v) is 10.8. The number of hydrogen-bond donors (Lipinski definition) is 3. The van der Waals surface area contributed by atoms with Crippen LogP contribution in [-0.4, -0.2) is 22.1 Å². The highest BCUT2D eigenvalue weighted by Gasteiger charge is 2.19. The minimum absolute atomic E-state index is 0.108. The number of aromatic amines is 1. The number of rotatable bonds is 2. The highest BCUT2D eigenvalue weighted by atomic mass is 16.2. The SMILES string of the molecule is Nc1ccc2[nH]nc(C(=O)NC3CCCCC3)c2c1. The Morgan fingerprint density at radius 1 is 1.32 bits per heavy atom. The van der Waals surface area contributed by atoms with Gasteiger partial charge in [-0.15, -0.1) is 0 Å². The lowest BCUT2D eigenvalue weighted by Gasteiger charge is -2.22. The predicted molar refractivity (Wildman–Crippen MR) is 74.8 cm³/mol. The molecule has 0 spiro atoms. The summed E-state index contributed by atoms with van der Waals surface area (Å²) in [5.74, 6) is -0.108. The molecule has 3 rings (SSSR count). The van der Waals surface area contributed by atoms with E-state index in [1.165, 1.54) is 19.3 Å². The van der Waals surface area contributed by atoms with Crippen molar-refractivity contribution in [2.75, 3.05) is 5.73 Å². The molecule has 2 aromatic rings. The lowest BCUT2D eigenvalue weighted by atomic mass is 9.95. The summed E-state index contributed by atoms with van der Waals surface area (Å²) in [5, 5.41) is 10.8. The molecular weight excluding hydrogens is 240 g/mol. The van der Waals surface area contributed by atoms with Crippen molar-refractivity contribution in [3.8, 4) is 0 Å². The van der Waals surface area contributed by atoms with Crippen molar-refractivity contribution >= 4 is 22.5 Å². The molecule has 0 bridgehead atoms. The van der Waals surface area contributed by atoms with E-state index in [0.717, 1.165) is 23.7 Å². The molecule has 0 radical (unpaired) electrons. The number of nitrogens with zero attached hydrogens (tertiary/aromatic N) is 1. The maximum Gasteiger partial charge on any atom is 0.272 e. The molecular formula is C14H18N4O. The Bertz CT molecular complexity index is 599. The smallest absolute Gasteiger partial charge is 0.272 e. The van der Waals surface area contributed by atoms with Gasteiger partial charge >= 0.3 is 0 Å². The van der Waals surface area contributed by atoms with Gasteiger partial charge in [0.15, 0.2) is 5.69 Å². The van der Waals surface area contributed by atoms with Gasteiger partial charge in [-0.25, -0.2) is 0 Å². The Morgan fingerprint density at radius 3 is 2.89 bits per heavy atom. The molecule has 1 aliphatic carbocycles. The first-order valence-corrected chi connectivity index (χ1v) is 6.78. The summed E-state index contributed by atoms with van der Waals surface area (Å²) < 4.78 is 0. The number of aromatic nitrogens is 2. The fourth-order valence-corrected chi connectivity index (χ4v) is 2.71. The van der Waals surface area contributed by atoms with E-state index in [-0.39, 0.29) is 11.9 Å². The fourth-order valence-electron chi connectivity index (χ4n) is 2.71. The van der Waals surface area contributed by atoms with Crippen LogP contribution in [-0.2, 0) is 0 Å². The standard InChI is InChI=1S/C14H18N4O/c15-9-6-7-12-11(8-9)13(18-17-12)14(19)16-10-4-2-1-3-5-10/h6-8,10H,1-5,15H2,(H,16,19)(H,17,18). The number of fused-ring (bicyclic) bond motifs is 1. The van der Waals surface area contributed by atoms with Gasteiger partial charge in [0.1, 0.15) is 0 Å². The number of H-pyrrole nitrogens is 1. The van der Waals surface area contributed by atoms with Crippen LogP contribution < -0.4 is 11.1 Å². The van der Waals surface area contributed by atoms with Crippen LogP contribution in [0.5, 0.6) is 0 Å². The molecule has 4 N–H and O–H groups in total. The van der Waals surface area contributed by atoms with Gasteiger partial charge in [-0.05, 0) is 31.0 Å². The van der Waals surface area contributed by atoms with Crippen molar-refractivity contribution in [2.24, 2.45) is 0 Å². The van der Waals surface area contributed by atoms with E-state index < -0.39 is 0 Å². The van der Waals surface area contributed by atoms with Crippen LogP contribution in [0.15, 0.2) is 18.2 Å². The summed E-state index contributed by atoms with van der Waals surface area (Å²) in [6, 6.07) is 5.71. The Hall–Kier alpha value is -2.04. The molecule has 1 fully saturated rings. The molecule has 19 heavy (non-hydrogen) atoms. The molecule has 100 valence electrons. The summed E-state index contributed by atoms with van der Waals surface area (Å²) in [4.78, 5) is 12.3. The van der Waals surface area contributed by atoms with Gasteiger partial charge in [0, 0.05) is 17.1 Å². The van der Waals surface area contributed by atoms with Crippen molar-refractivity contribution in [1.29, 1.82) is 0 Å². The molecule has 1 aromatic carbocycles. The number of hydrogen-bond acceptors (Lipinski definition) is 3. The lowest BCUT2D eigenvalue weighted by molar-refractivity contribution is 0.0924. The summed E-state index contributed by atoms with van der Waals surface area (Å²) in [5.41, 5.74) is 7.68. The van der Waals surface area contributed by atoms with E-state index in [1.54, 1.807) is 12.1 Å². The Morgan fingerprint density at radius 2 is 2.11 bits per heavy atom. The summed E-state index contributed by atoms with van der Waals surface area (Å²) >= 11 is 0.